The quantitative estimate of drug-likeness (QED) is 0.173. The molecule has 0 radical (unpaired) electrons. The van der Waals surface area contributed by atoms with Gasteiger partial charge in [0.05, 0.1) is 22.2 Å². The van der Waals surface area contributed by atoms with Gasteiger partial charge in [-0.05, 0) is 104 Å². The number of aromatic nitrogens is 3. The van der Waals surface area contributed by atoms with E-state index in [2.05, 4.69) is 231 Å². The number of hydrogen-bond acceptors (Lipinski definition) is 3. The standard InChI is InChI=1S/C60H44N4/c1-59(2)50-22-13-11-20-47(50)56-55-51(59)23-14-24-53(55)61-58(62-56)64-54-34-28-39(35-48(54)46-32-27-38-15-8-9-18-43(38)57(46)64)37-25-29-41(30-26-37)63(40-16-6-5-7-17-40)42-31-33-45-44-19-10-12-21-49(44)60(3,4)52(45)36-42/h5-36H,1-4H3. The van der Waals surface area contributed by atoms with E-state index in [4.69, 9.17) is 9.97 Å². The third kappa shape index (κ3) is 5.17. The molecule has 0 aliphatic heterocycles. The fraction of sp³-hybridized carbons (Fsp3) is 0.100. The van der Waals surface area contributed by atoms with Crippen LogP contribution in [0.3, 0.4) is 0 Å². The van der Waals surface area contributed by atoms with Gasteiger partial charge in [0.1, 0.15) is 0 Å². The molecule has 4 heteroatoms. The molecule has 2 aliphatic rings. The molecule has 0 saturated heterocycles. The first-order valence-electron chi connectivity index (χ1n) is 22.3. The maximum absolute atomic E-state index is 5.53. The third-order valence-electron chi connectivity index (χ3n) is 14.4. The highest BCUT2D eigenvalue weighted by atomic mass is 15.2. The van der Waals surface area contributed by atoms with Crippen molar-refractivity contribution >= 4 is 60.5 Å². The van der Waals surface area contributed by atoms with Crippen LogP contribution in [0.15, 0.2) is 194 Å². The molecule has 0 unspecified atom stereocenters. The molecule has 9 aromatic carbocycles. The average Bonchev–Trinajstić information content (AvgIpc) is 3.79. The van der Waals surface area contributed by atoms with E-state index in [1.165, 1.54) is 60.5 Å². The molecule has 0 N–H and O–H groups in total. The summed E-state index contributed by atoms with van der Waals surface area (Å²) in [7, 11) is 0. The van der Waals surface area contributed by atoms with Gasteiger partial charge in [0.15, 0.2) is 0 Å². The van der Waals surface area contributed by atoms with Crippen LogP contribution in [-0.4, -0.2) is 14.5 Å². The Bertz CT molecular complexity index is 3720. The summed E-state index contributed by atoms with van der Waals surface area (Å²) in [6.45, 7) is 9.32. The van der Waals surface area contributed by atoms with Crippen molar-refractivity contribution in [3.63, 3.8) is 0 Å². The van der Waals surface area contributed by atoms with Gasteiger partial charge in [0, 0.05) is 55.0 Å². The van der Waals surface area contributed by atoms with E-state index in [1.807, 2.05) is 0 Å². The van der Waals surface area contributed by atoms with Gasteiger partial charge in [-0.25, -0.2) is 9.97 Å². The van der Waals surface area contributed by atoms with E-state index in [1.54, 1.807) is 0 Å². The van der Waals surface area contributed by atoms with Crippen molar-refractivity contribution in [3.05, 3.63) is 216 Å². The molecular formula is C60H44N4. The Hall–Kier alpha value is -7.82. The van der Waals surface area contributed by atoms with Gasteiger partial charge in [-0.3, -0.25) is 4.57 Å². The Labute approximate surface area is 372 Å². The van der Waals surface area contributed by atoms with Crippen molar-refractivity contribution in [1.82, 2.24) is 14.5 Å². The Morgan fingerprint density at radius 3 is 1.89 bits per heavy atom. The zero-order chi connectivity index (χ0) is 42.9. The number of hydrogen-bond donors (Lipinski definition) is 0. The average molecular weight is 821 g/mol. The van der Waals surface area contributed by atoms with Crippen molar-refractivity contribution in [1.29, 1.82) is 0 Å². The molecule has 4 nitrogen and oxygen atoms in total. The Kier molecular flexibility index (Phi) is 7.67. The number of anilines is 3. The van der Waals surface area contributed by atoms with Crippen LogP contribution in [0.2, 0.25) is 0 Å². The van der Waals surface area contributed by atoms with Gasteiger partial charge < -0.3 is 4.90 Å². The monoisotopic (exact) mass is 820 g/mol. The summed E-state index contributed by atoms with van der Waals surface area (Å²) in [6.07, 6.45) is 0. The van der Waals surface area contributed by atoms with Crippen LogP contribution in [0, 0.1) is 0 Å². The van der Waals surface area contributed by atoms with E-state index in [0.717, 1.165) is 55.8 Å². The number of nitrogens with zero attached hydrogens (tertiary/aromatic N) is 4. The second-order valence-electron chi connectivity index (χ2n) is 18.6. The van der Waals surface area contributed by atoms with Gasteiger partial charge in [-0.1, -0.05) is 167 Å². The maximum atomic E-state index is 5.53. The first-order valence-corrected chi connectivity index (χ1v) is 22.3. The maximum Gasteiger partial charge on any atom is 0.235 e. The van der Waals surface area contributed by atoms with Crippen molar-refractivity contribution < 1.29 is 0 Å². The van der Waals surface area contributed by atoms with Crippen LogP contribution in [0.25, 0.3) is 82.9 Å². The third-order valence-corrected chi connectivity index (χ3v) is 14.4. The van der Waals surface area contributed by atoms with Crippen LogP contribution in [0.1, 0.15) is 49.9 Å². The smallest absolute Gasteiger partial charge is 0.235 e. The number of benzene rings is 9. The van der Waals surface area contributed by atoms with Crippen LogP contribution in [0.4, 0.5) is 17.1 Å². The van der Waals surface area contributed by atoms with E-state index in [0.29, 0.717) is 5.95 Å². The number of fused-ring (bicyclic) bond motifs is 10. The molecule has 0 fully saturated rings. The summed E-state index contributed by atoms with van der Waals surface area (Å²) in [5.41, 5.74) is 18.7. The molecule has 0 spiro atoms. The van der Waals surface area contributed by atoms with E-state index in [9.17, 15) is 0 Å². The molecule has 0 atom stereocenters. The highest BCUT2D eigenvalue weighted by Crippen LogP contribution is 2.51. The second-order valence-corrected chi connectivity index (χ2v) is 18.6. The van der Waals surface area contributed by atoms with Crippen molar-refractivity contribution in [2.24, 2.45) is 0 Å². The summed E-state index contributed by atoms with van der Waals surface area (Å²) >= 11 is 0. The minimum atomic E-state index is -0.169. The van der Waals surface area contributed by atoms with Gasteiger partial charge in [-0.15, -0.1) is 0 Å². The molecule has 11 aromatic rings. The summed E-state index contributed by atoms with van der Waals surface area (Å²) < 4.78 is 2.30. The number of para-hydroxylation sites is 1. The minimum absolute atomic E-state index is 0.0920. The van der Waals surface area contributed by atoms with E-state index < -0.39 is 0 Å². The normalized spacial score (nSPS) is 14.2. The fourth-order valence-electron chi connectivity index (χ4n) is 11.2. The molecule has 2 aromatic heterocycles. The zero-order valence-electron chi connectivity index (χ0n) is 36.3. The first kappa shape index (κ1) is 36.8. The molecule has 0 amide bonds. The number of rotatable bonds is 5. The molecule has 64 heavy (non-hydrogen) atoms. The Morgan fingerprint density at radius 1 is 0.422 bits per heavy atom. The lowest BCUT2D eigenvalue weighted by Gasteiger charge is -2.34. The lowest BCUT2D eigenvalue weighted by atomic mass is 9.70. The van der Waals surface area contributed by atoms with Crippen LogP contribution in [0.5, 0.6) is 0 Å². The molecule has 304 valence electrons. The second kappa shape index (κ2) is 13.3. The molecular weight excluding hydrogens is 777 g/mol. The zero-order valence-corrected chi connectivity index (χ0v) is 36.3. The Balaban J connectivity index is 0.958. The predicted molar refractivity (Wildman–Crippen MR) is 267 cm³/mol. The van der Waals surface area contributed by atoms with E-state index in [-0.39, 0.29) is 10.8 Å². The summed E-state index contributed by atoms with van der Waals surface area (Å²) in [6, 6.07) is 71.0. The van der Waals surface area contributed by atoms with Gasteiger partial charge in [-0.2, -0.15) is 0 Å². The SMILES string of the molecule is CC1(C)c2ccccc2-c2ccc(N(c3ccccc3)c3ccc(-c4ccc5c(c4)c4ccc6ccccc6c4n5-c4nc5c6c(cccc6n4)C(C)(C)c4ccccc4-5)cc3)cc21. The van der Waals surface area contributed by atoms with Crippen LogP contribution < -0.4 is 4.90 Å². The fourth-order valence-corrected chi connectivity index (χ4v) is 11.2. The summed E-state index contributed by atoms with van der Waals surface area (Å²) in [5.74, 6) is 0.683. The molecule has 2 aliphatic carbocycles. The Morgan fingerprint density at radius 2 is 1.06 bits per heavy atom. The van der Waals surface area contributed by atoms with Gasteiger partial charge in [0.25, 0.3) is 0 Å². The highest BCUT2D eigenvalue weighted by Gasteiger charge is 2.37. The van der Waals surface area contributed by atoms with E-state index >= 15 is 0 Å². The highest BCUT2D eigenvalue weighted by molar-refractivity contribution is 6.19. The molecule has 0 bridgehead atoms. The van der Waals surface area contributed by atoms with Gasteiger partial charge in [0.2, 0.25) is 5.95 Å². The largest absolute Gasteiger partial charge is 0.310 e. The van der Waals surface area contributed by atoms with Gasteiger partial charge >= 0.3 is 0 Å². The molecule has 2 heterocycles. The van der Waals surface area contributed by atoms with Crippen LogP contribution >= 0.6 is 0 Å². The molecule has 0 saturated carbocycles. The first-order chi connectivity index (χ1) is 31.3. The lowest BCUT2D eigenvalue weighted by Crippen LogP contribution is -2.24. The van der Waals surface area contributed by atoms with Crippen molar-refractivity contribution in [2.75, 3.05) is 4.90 Å². The summed E-state index contributed by atoms with van der Waals surface area (Å²) in [4.78, 5) is 13.3. The topological polar surface area (TPSA) is 34.0 Å². The van der Waals surface area contributed by atoms with Crippen LogP contribution in [-0.2, 0) is 10.8 Å². The lowest BCUT2D eigenvalue weighted by molar-refractivity contribution is 0.643. The van der Waals surface area contributed by atoms with Crippen molar-refractivity contribution in [2.45, 2.75) is 38.5 Å². The summed E-state index contributed by atoms with van der Waals surface area (Å²) in [5, 5.41) is 5.85. The molecule has 13 rings (SSSR count). The minimum Gasteiger partial charge on any atom is -0.310 e. The van der Waals surface area contributed by atoms with Crippen molar-refractivity contribution in [3.8, 4) is 39.5 Å². The predicted octanol–water partition coefficient (Wildman–Crippen LogP) is 15.6.